The number of phenolic OH excluding ortho intramolecular Hbond substituents is 1. The minimum absolute atomic E-state index is 0.0236. The van der Waals surface area contributed by atoms with Crippen LogP contribution in [-0.4, -0.2) is 56.8 Å². The largest absolute Gasteiger partial charge is 0.598 e. The highest BCUT2D eigenvalue weighted by atomic mass is 32.2. The normalized spacial score (nSPS) is 23.9. The number of nitrogens with zero attached hydrogens (tertiary/aromatic N) is 1. The molecular weight excluding hydrogens is 435 g/mol. The van der Waals surface area contributed by atoms with Crippen molar-refractivity contribution in [1.29, 1.82) is 0 Å². The summed E-state index contributed by atoms with van der Waals surface area (Å²) in [4.78, 5) is 14.6. The van der Waals surface area contributed by atoms with Gasteiger partial charge in [-0.15, -0.1) is 4.72 Å². The number of ether oxygens (including phenoxy) is 2. The number of rotatable bonds is 5. The summed E-state index contributed by atoms with van der Waals surface area (Å²) >= 11 is -1.42. The third kappa shape index (κ3) is 5.75. The Morgan fingerprint density at radius 3 is 2.50 bits per heavy atom. The number of benzene rings is 1. The zero-order valence-corrected chi connectivity index (χ0v) is 20.6. The molecule has 2 aliphatic rings. The molecule has 3 rings (SSSR count). The van der Waals surface area contributed by atoms with Crippen molar-refractivity contribution in [3.8, 4) is 5.75 Å². The maximum atomic E-state index is 14.4. The molecule has 0 saturated carbocycles. The first-order chi connectivity index (χ1) is 14.8. The zero-order chi connectivity index (χ0) is 23.8. The molecule has 3 atom stereocenters. The molecule has 0 aliphatic carbocycles. The van der Waals surface area contributed by atoms with Gasteiger partial charge in [-0.3, -0.25) is 4.79 Å². The van der Waals surface area contributed by atoms with Crippen LogP contribution in [0.1, 0.15) is 64.6 Å². The van der Waals surface area contributed by atoms with Crippen molar-refractivity contribution in [1.82, 2.24) is 9.62 Å². The monoisotopic (exact) mass is 470 g/mol. The maximum Gasteiger partial charge on any atom is 0.254 e. The number of piperidine rings is 1. The van der Waals surface area contributed by atoms with Gasteiger partial charge >= 0.3 is 0 Å². The Morgan fingerprint density at radius 2 is 1.97 bits per heavy atom. The van der Waals surface area contributed by atoms with E-state index >= 15 is 0 Å². The minimum Gasteiger partial charge on any atom is -0.598 e. The van der Waals surface area contributed by atoms with Crippen LogP contribution in [0.3, 0.4) is 0 Å². The van der Waals surface area contributed by atoms with E-state index in [1.54, 1.807) is 25.7 Å². The van der Waals surface area contributed by atoms with E-state index in [4.69, 9.17) is 9.47 Å². The van der Waals surface area contributed by atoms with Gasteiger partial charge in [-0.05, 0) is 78.0 Å². The van der Waals surface area contributed by atoms with Gasteiger partial charge < -0.3 is 24.0 Å². The lowest BCUT2D eigenvalue weighted by molar-refractivity contribution is -0.161. The summed E-state index contributed by atoms with van der Waals surface area (Å²) in [6, 6.07) is 2.22. The first-order valence-corrected chi connectivity index (χ1v) is 12.2. The van der Waals surface area contributed by atoms with Gasteiger partial charge in [-0.2, -0.15) is 0 Å². The number of likely N-dealkylation sites (tertiary alicyclic amines) is 1. The number of amides is 1. The summed E-state index contributed by atoms with van der Waals surface area (Å²) in [5, 5.41) is 10.6. The van der Waals surface area contributed by atoms with Gasteiger partial charge in [-0.1, -0.05) is 0 Å². The SMILES string of the molecule is Cc1cc(O)c([C@H](N[S+]([O-])C(C)(C)C)C2CCN(C(=O)[C@H]3COC(C)(C)O3)CC2)cc1F. The quantitative estimate of drug-likeness (QED) is 0.641. The van der Waals surface area contributed by atoms with Crippen LogP contribution in [-0.2, 0) is 25.6 Å². The van der Waals surface area contributed by atoms with E-state index in [-0.39, 0.29) is 24.2 Å². The number of hydrogen-bond donors (Lipinski definition) is 2. The third-order valence-corrected chi connectivity index (χ3v) is 7.62. The molecule has 32 heavy (non-hydrogen) atoms. The molecule has 7 nitrogen and oxygen atoms in total. The van der Waals surface area contributed by atoms with E-state index in [1.807, 2.05) is 20.8 Å². The standard InChI is InChI=1S/C23H35FN2O5S/c1-14-11-18(27)16(12-17(14)24)20(25-32(29)22(2,3)4)15-7-9-26(10-8-15)21(28)19-13-30-23(5,6)31-19/h11-12,15,19-20,25,27H,7-10,13H2,1-6H3/t19-,20-,32?/m1/s1. The van der Waals surface area contributed by atoms with Gasteiger partial charge in [0, 0.05) is 30.0 Å². The highest BCUT2D eigenvalue weighted by Crippen LogP contribution is 2.38. The molecular formula is C23H35FN2O5S. The van der Waals surface area contributed by atoms with E-state index in [0.29, 0.717) is 37.1 Å². The lowest BCUT2D eigenvalue weighted by Crippen LogP contribution is -2.48. The van der Waals surface area contributed by atoms with Crippen LogP contribution in [0.25, 0.3) is 0 Å². The Labute approximate surface area is 193 Å². The summed E-state index contributed by atoms with van der Waals surface area (Å²) in [6.45, 7) is 12.0. The van der Waals surface area contributed by atoms with Crippen LogP contribution in [0, 0.1) is 18.7 Å². The van der Waals surface area contributed by atoms with Crippen molar-refractivity contribution >= 4 is 17.3 Å². The molecule has 0 bridgehead atoms. The zero-order valence-electron chi connectivity index (χ0n) is 19.7. The first kappa shape index (κ1) is 25.2. The van der Waals surface area contributed by atoms with Crippen molar-refractivity contribution in [3.05, 3.63) is 29.1 Å². The van der Waals surface area contributed by atoms with E-state index in [0.717, 1.165) is 0 Å². The number of nitrogens with one attached hydrogen (secondary N) is 1. The smallest absolute Gasteiger partial charge is 0.254 e. The van der Waals surface area contributed by atoms with Crippen molar-refractivity contribution < 1.29 is 28.3 Å². The van der Waals surface area contributed by atoms with E-state index in [9.17, 15) is 18.8 Å². The molecule has 1 unspecified atom stereocenters. The second-order valence-electron chi connectivity index (χ2n) is 10.1. The van der Waals surface area contributed by atoms with Gasteiger partial charge in [0.2, 0.25) is 0 Å². The Kier molecular flexibility index (Phi) is 7.46. The predicted octanol–water partition coefficient (Wildman–Crippen LogP) is 3.32. The van der Waals surface area contributed by atoms with Gasteiger partial charge in [0.25, 0.3) is 5.91 Å². The van der Waals surface area contributed by atoms with Crippen molar-refractivity contribution in [2.45, 2.75) is 77.1 Å². The summed E-state index contributed by atoms with van der Waals surface area (Å²) in [5.74, 6) is -1.33. The van der Waals surface area contributed by atoms with Gasteiger partial charge in [0.05, 0.1) is 12.6 Å². The molecule has 2 N–H and O–H groups in total. The molecule has 1 aromatic rings. The average Bonchev–Trinajstić information content (AvgIpc) is 3.07. The number of aryl methyl sites for hydroxylation is 1. The molecule has 1 amide bonds. The number of phenols is 1. The van der Waals surface area contributed by atoms with Crippen molar-refractivity contribution in [3.63, 3.8) is 0 Å². The van der Waals surface area contributed by atoms with Crippen LogP contribution >= 0.6 is 0 Å². The number of aromatic hydroxyl groups is 1. The Bertz CT molecular complexity index is 836. The lowest BCUT2D eigenvalue weighted by atomic mass is 9.85. The van der Waals surface area contributed by atoms with Crippen molar-refractivity contribution in [2.24, 2.45) is 5.92 Å². The van der Waals surface area contributed by atoms with Gasteiger partial charge in [0.1, 0.15) is 16.3 Å². The molecule has 2 fully saturated rings. The Hall–Kier alpha value is -1.39. The number of halogens is 1. The second kappa shape index (κ2) is 9.46. The fourth-order valence-corrected chi connectivity index (χ4v) is 5.01. The Balaban J connectivity index is 1.75. The van der Waals surface area contributed by atoms with Crippen LogP contribution in [0.5, 0.6) is 5.75 Å². The molecule has 2 saturated heterocycles. The fourth-order valence-electron chi connectivity index (χ4n) is 4.10. The number of hydrogen-bond acceptors (Lipinski definition) is 6. The van der Waals surface area contributed by atoms with Crippen LogP contribution in [0.15, 0.2) is 12.1 Å². The Morgan fingerprint density at radius 1 is 1.34 bits per heavy atom. The van der Waals surface area contributed by atoms with Crippen LogP contribution < -0.4 is 4.72 Å². The van der Waals surface area contributed by atoms with Crippen molar-refractivity contribution in [2.75, 3.05) is 19.7 Å². The van der Waals surface area contributed by atoms with Crippen LogP contribution in [0.2, 0.25) is 0 Å². The highest BCUT2D eigenvalue weighted by Gasteiger charge is 2.41. The summed E-state index contributed by atoms with van der Waals surface area (Å²) < 4.78 is 41.1. The molecule has 2 heterocycles. The van der Waals surface area contributed by atoms with E-state index in [2.05, 4.69) is 4.72 Å². The molecule has 9 heteroatoms. The van der Waals surface area contributed by atoms with Crippen LogP contribution in [0.4, 0.5) is 4.39 Å². The topological polar surface area (TPSA) is 94.1 Å². The highest BCUT2D eigenvalue weighted by molar-refractivity contribution is 7.90. The molecule has 0 aromatic heterocycles. The molecule has 1 aromatic carbocycles. The maximum absolute atomic E-state index is 14.4. The first-order valence-electron chi connectivity index (χ1n) is 11.1. The fraction of sp³-hybridized carbons (Fsp3) is 0.696. The minimum atomic E-state index is -1.42. The summed E-state index contributed by atoms with van der Waals surface area (Å²) in [6.07, 6.45) is 0.631. The number of carbonyl (C=O) groups is 1. The second-order valence-corrected chi connectivity index (χ2v) is 12.1. The van der Waals surface area contributed by atoms with Gasteiger partial charge in [-0.25, -0.2) is 4.39 Å². The van der Waals surface area contributed by atoms with E-state index < -0.39 is 39.9 Å². The summed E-state index contributed by atoms with van der Waals surface area (Å²) in [5.41, 5.74) is 0.744. The average molecular weight is 471 g/mol. The molecule has 2 aliphatic heterocycles. The lowest BCUT2D eigenvalue weighted by Gasteiger charge is -2.38. The van der Waals surface area contributed by atoms with E-state index in [1.165, 1.54) is 12.1 Å². The molecule has 0 radical (unpaired) electrons. The molecule has 180 valence electrons. The number of carbonyl (C=O) groups excluding carboxylic acids is 1. The molecule has 0 spiro atoms. The van der Waals surface area contributed by atoms with Gasteiger partial charge in [0.15, 0.2) is 11.9 Å². The predicted molar refractivity (Wildman–Crippen MR) is 121 cm³/mol. The third-order valence-electron chi connectivity index (χ3n) is 6.04. The summed E-state index contributed by atoms with van der Waals surface area (Å²) in [7, 11) is 0.